The van der Waals surface area contributed by atoms with Crippen LogP contribution >= 0.6 is 0 Å². The van der Waals surface area contributed by atoms with Gasteiger partial charge in [0.25, 0.3) is 0 Å². The van der Waals surface area contributed by atoms with Gasteiger partial charge in [-0.15, -0.1) is 0 Å². The van der Waals surface area contributed by atoms with Crippen LogP contribution in [-0.4, -0.2) is 5.16 Å². The van der Waals surface area contributed by atoms with E-state index in [1.807, 2.05) is 67.6 Å². The van der Waals surface area contributed by atoms with Crippen LogP contribution in [0.5, 0.6) is 11.5 Å². The zero-order chi connectivity index (χ0) is 13.1. The van der Waals surface area contributed by atoms with E-state index in [4.69, 9.17) is 9.26 Å². The molecular formula is C16H13NO2. The molecule has 19 heavy (non-hydrogen) atoms. The Morgan fingerprint density at radius 1 is 0.895 bits per heavy atom. The summed E-state index contributed by atoms with van der Waals surface area (Å²) in [7, 11) is 0. The zero-order valence-corrected chi connectivity index (χ0v) is 10.5. The number of benzene rings is 2. The molecule has 94 valence electrons. The van der Waals surface area contributed by atoms with E-state index in [1.54, 1.807) is 0 Å². The van der Waals surface area contributed by atoms with Crippen LogP contribution in [0.2, 0.25) is 0 Å². The molecule has 3 aromatic rings. The Morgan fingerprint density at radius 3 is 2.42 bits per heavy atom. The van der Waals surface area contributed by atoms with E-state index in [2.05, 4.69) is 5.16 Å². The van der Waals surface area contributed by atoms with Gasteiger partial charge in [-0.05, 0) is 31.2 Å². The minimum absolute atomic E-state index is 0.782. The largest absolute Gasteiger partial charge is 0.457 e. The predicted octanol–water partition coefficient (Wildman–Crippen LogP) is 4.44. The third kappa shape index (κ3) is 2.65. The highest BCUT2D eigenvalue weighted by atomic mass is 16.5. The van der Waals surface area contributed by atoms with Gasteiger partial charge in [-0.25, -0.2) is 0 Å². The van der Waals surface area contributed by atoms with Gasteiger partial charge in [0.1, 0.15) is 23.0 Å². The van der Waals surface area contributed by atoms with Gasteiger partial charge in [0.2, 0.25) is 0 Å². The summed E-state index contributed by atoms with van der Waals surface area (Å²) < 4.78 is 10.9. The highest BCUT2D eigenvalue weighted by Gasteiger charge is 2.05. The zero-order valence-electron chi connectivity index (χ0n) is 10.5. The first-order valence-electron chi connectivity index (χ1n) is 6.08. The normalized spacial score (nSPS) is 10.4. The molecule has 3 heteroatoms. The average molecular weight is 251 g/mol. The Kier molecular flexibility index (Phi) is 3.02. The van der Waals surface area contributed by atoms with Gasteiger partial charge < -0.3 is 9.26 Å². The summed E-state index contributed by atoms with van der Waals surface area (Å²) in [6.07, 6.45) is 0. The van der Waals surface area contributed by atoms with Crippen molar-refractivity contribution in [1.82, 2.24) is 5.16 Å². The monoisotopic (exact) mass is 251 g/mol. The molecule has 0 aliphatic carbocycles. The Labute approximate surface area is 111 Å². The molecule has 0 amide bonds. The van der Waals surface area contributed by atoms with E-state index in [-0.39, 0.29) is 0 Å². The van der Waals surface area contributed by atoms with E-state index in [9.17, 15) is 0 Å². The lowest BCUT2D eigenvalue weighted by Crippen LogP contribution is -1.84. The van der Waals surface area contributed by atoms with Crippen molar-refractivity contribution in [2.45, 2.75) is 6.92 Å². The van der Waals surface area contributed by atoms with Crippen molar-refractivity contribution in [2.75, 3.05) is 0 Å². The fraction of sp³-hybridized carbons (Fsp3) is 0.0625. The summed E-state index contributed by atoms with van der Waals surface area (Å²) >= 11 is 0. The van der Waals surface area contributed by atoms with Crippen LogP contribution in [0.25, 0.3) is 11.3 Å². The Morgan fingerprint density at radius 2 is 1.68 bits per heavy atom. The van der Waals surface area contributed by atoms with Crippen LogP contribution in [0.4, 0.5) is 0 Å². The molecule has 0 radical (unpaired) electrons. The predicted molar refractivity (Wildman–Crippen MR) is 73.2 cm³/mol. The summed E-state index contributed by atoms with van der Waals surface area (Å²) in [5.74, 6) is 2.39. The van der Waals surface area contributed by atoms with Crippen molar-refractivity contribution in [1.29, 1.82) is 0 Å². The molecule has 0 N–H and O–H groups in total. The average Bonchev–Trinajstić information content (AvgIpc) is 2.87. The molecule has 0 saturated heterocycles. The fourth-order valence-electron chi connectivity index (χ4n) is 1.85. The van der Waals surface area contributed by atoms with Crippen molar-refractivity contribution in [3.05, 3.63) is 66.4 Å². The molecular weight excluding hydrogens is 238 g/mol. The van der Waals surface area contributed by atoms with Crippen LogP contribution in [0.1, 0.15) is 5.76 Å². The number of hydrogen-bond donors (Lipinski definition) is 0. The van der Waals surface area contributed by atoms with Gasteiger partial charge in [0, 0.05) is 11.6 Å². The maximum Gasteiger partial charge on any atom is 0.134 e. The molecule has 0 aliphatic heterocycles. The molecule has 0 fully saturated rings. The lowest BCUT2D eigenvalue weighted by molar-refractivity contribution is 0.399. The molecule has 0 spiro atoms. The molecule has 0 atom stereocenters. The molecule has 0 saturated carbocycles. The molecule has 0 aliphatic rings. The first-order valence-corrected chi connectivity index (χ1v) is 6.08. The smallest absolute Gasteiger partial charge is 0.134 e. The molecule has 0 bridgehead atoms. The molecule has 1 aromatic heterocycles. The van der Waals surface area contributed by atoms with E-state index < -0.39 is 0 Å². The maximum atomic E-state index is 5.79. The maximum absolute atomic E-state index is 5.79. The quantitative estimate of drug-likeness (QED) is 0.690. The van der Waals surface area contributed by atoms with Crippen molar-refractivity contribution >= 4 is 0 Å². The van der Waals surface area contributed by atoms with Crippen LogP contribution in [-0.2, 0) is 0 Å². The number of para-hydroxylation sites is 1. The number of nitrogens with zero attached hydrogens (tertiary/aromatic N) is 1. The van der Waals surface area contributed by atoms with Gasteiger partial charge in [-0.3, -0.25) is 0 Å². The Balaban J connectivity index is 1.88. The Hall–Kier alpha value is -2.55. The molecule has 0 unspecified atom stereocenters. The SMILES string of the molecule is Cc1cc(-c2cccc(Oc3ccccc3)c2)no1. The van der Waals surface area contributed by atoms with Gasteiger partial charge in [0.05, 0.1) is 0 Å². The van der Waals surface area contributed by atoms with Crippen LogP contribution in [0, 0.1) is 6.92 Å². The van der Waals surface area contributed by atoms with E-state index in [0.29, 0.717) is 0 Å². The van der Waals surface area contributed by atoms with Crippen molar-refractivity contribution in [3.63, 3.8) is 0 Å². The summed E-state index contributed by atoms with van der Waals surface area (Å²) in [4.78, 5) is 0. The topological polar surface area (TPSA) is 35.3 Å². The number of hydrogen-bond acceptors (Lipinski definition) is 3. The second-order valence-corrected chi connectivity index (χ2v) is 4.27. The fourth-order valence-corrected chi connectivity index (χ4v) is 1.85. The minimum Gasteiger partial charge on any atom is -0.457 e. The third-order valence-electron chi connectivity index (χ3n) is 2.74. The van der Waals surface area contributed by atoms with Crippen molar-refractivity contribution in [3.8, 4) is 22.8 Å². The van der Waals surface area contributed by atoms with E-state index in [0.717, 1.165) is 28.5 Å². The van der Waals surface area contributed by atoms with Gasteiger partial charge in [0.15, 0.2) is 0 Å². The Bertz CT molecular complexity index is 674. The van der Waals surface area contributed by atoms with Crippen LogP contribution in [0.15, 0.2) is 65.2 Å². The first kappa shape index (κ1) is 11.5. The van der Waals surface area contributed by atoms with E-state index >= 15 is 0 Å². The summed E-state index contributed by atoms with van der Waals surface area (Å²) in [5, 5.41) is 4.00. The van der Waals surface area contributed by atoms with Crippen molar-refractivity contribution < 1.29 is 9.26 Å². The number of rotatable bonds is 3. The minimum atomic E-state index is 0.782. The number of aromatic nitrogens is 1. The number of ether oxygens (including phenoxy) is 1. The second kappa shape index (κ2) is 4.98. The summed E-state index contributed by atoms with van der Waals surface area (Å²) in [5.41, 5.74) is 1.79. The lowest BCUT2D eigenvalue weighted by Gasteiger charge is -2.06. The molecule has 2 aromatic carbocycles. The highest BCUT2D eigenvalue weighted by Crippen LogP contribution is 2.26. The standard InChI is InChI=1S/C16H13NO2/c1-12-10-16(17-19-12)13-6-5-9-15(11-13)18-14-7-3-2-4-8-14/h2-11H,1H3. The lowest BCUT2D eigenvalue weighted by atomic mass is 10.1. The molecule has 3 nitrogen and oxygen atoms in total. The van der Waals surface area contributed by atoms with Gasteiger partial charge in [-0.1, -0.05) is 35.5 Å². The van der Waals surface area contributed by atoms with Crippen LogP contribution < -0.4 is 4.74 Å². The third-order valence-corrected chi connectivity index (χ3v) is 2.74. The first-order chi connectivity index (χ1) is 9.31. The molecule has 1 heterocycles. The van der Waals surface area contributed by atoms with Crippen molar-refractivity contribution in [2.24, 2.45) is 0 Å². The van der Waals surface area contributed by atoms with Gasteiger partial charge in [-0.2, -0.15) is 0 Å². The summed E-state index contributed by atoms with van der Waals surface area (Å²) in [6, 6.07) is 19.4. The summed E-state index contributed by atoms with van der Waals surface area (Å²) in [6.45, 7) is 1.88. The highest BCUT2D eigenvalue weighted by molar-refractivity contribution is 5.61. The van der Waals surface area contributed by atoms with Crippen LogP contribution in [0.3, 0.4) is 0 Å². The molecule has 3 rings (SSSR count). The second-order valence-electron chi connectivity index (χ2n) is 4.27. The van der Waals surface area contributed by atoms with Gasteiger partial charge >= 0.3 is 0 Å². The number of aryl methyl sites for hydroxylation is 1. The van der Waals surface area contributed by atoms with E-state index in [1.165, 1.54) is 0 Å².